The summed E-state index contributed by atoms with van der Waals surface area (Å²) in [4.78, 5) is 11.4. The first-order chi connectivity index (χ1) is 9.25. The molecule has 0 unspecified atom stereocenters. The number of nitrogens with two attached hydrogens (primary N) is 1. The van der Waals surface area contributed by atoms with Crippen LogP contribution >= 0.6 is 0 Å². The van der Waals surface area contributed by atoms with E-state index in [9.17, 15) is 0 Å². The lowest BCUT2D eigenvalue weighted by Crippen LogP contribution is -2.21. The van der Waals surface area contributed by atoms with Crippen LogP contribution in [-0.2, 0) is 6.54 Å². The molecule has 5 heteroatoms. The topological polar surface area (TPSA) is 60.0 Å². The fourth-order valence-electron chi connectivity index (χ4n) is 2.83. The van der Waals surface area contributed by atoms with Gasteiger partial charge in [0, 0.05) is 12.7 Å². The number of aryl methyl sites for hydroxylation is 2. The average molecular weight is 259 g/mol. The van der Waals surface area contributed by atoms with E-state index in [4.69, 9.17) is 5.73 Å². The molecule has 5 nitrogen and oxygen atoms in total. The van der Waals surface area contributed by atoms with E-state index >= 15 is 0 Å². The molecule has 0 radical (unpaired) electrons. The molecule has 0 amide bonds. The van der Waals surface area contributed by atoms with Gasteiger partial charge >= 0.3 is 0 Å². The molecule has 19 heavy (non-hydrogen) atoms. The largest absolute Gasteiger partial charge is 0.369 e. The van der Waals surface area contributed by atoms with Gasteiger partial charge in [0.1, 0.15) is 5.52 Å². The van der Waals surface area contributed by atoms with E-state index in [0.717, 1.165) is 36.2 Å². The zero-order chi connectivity index (χ0) is 13.2. The predicted octanol–water partition coefficient (Wildman–Crippen LogP) is 1.81. The molecule has 1 fully saturated rings. The highest BCUT2D eigenvalue weighted by atomic mass is 15.2. The predicted molar refractivity (Wildman–Crippen MR) is 77.0 cm³/mol. The summed E-state index contributed by atoms with van der Waals surface area (Å²) in [7, 11) is 0. The normalized spacial score (nSPS) is 16.5. The number of fused-ring (bicyclic) bond motifs is 1. The number of rotatable bonds is 4. The zero-order valence-corrected chi connectivity index (χ0v) is 11.5. The van der Waals surface area contributed by atoms with Gasteiger partial charge in [-0.05, 0) is 57.5 Å². The first-order valence-corrected chi connectivity index (χ1v) is 7.05. The summed E-state index contributed by atoms with van der Waals surface area (Å²) in [6, 6.07) is 1.98. The summed E-state index contributed by atoms with van der Waals surface area (Å²) in [5.74, 6) is 0.582. The van der Waals surface area contributed by atoms with Gasteiger partial charge in [-0.2, -0.15) is 0 Å². The number of nitrogen functional groups attached to an aromatic ring is 1. The highest BCUT2D eigenvalue weighted by molar-refractivity contribution is 5.77. The quantitative estimate of drug-likeness (QED) is 0.909. The molecule has 2 aromatic heterocycles. The summed E-state index contributed by atoms with van der Waals surface area (Å²) < 4.78 is 2.04. The van der Waals surface area contributed by atoms with Crippen molar-refractivity contribution in [2.75, 3.05) is 25.4 Å². The maximum absolute atomic E-state index is 6.01. The smallest absolute Gasteiger partial charge is 0.202 e. The standard InChI is InChI=1S/C14H21N5/c1-11-5-6-16-13-12(11)17-14(15)19(13)10-4-9-18-7-2-3-8-18/h5-6H,2-4,7-10H2,1H3,(H2,15,17). The highest BCUT2D eigenvalue weighted by Crippen LogP contribution is 2.19. The molecule has 0 aliphatic carbocycles. The van der Waals surface area contributed by atoms with Crippen molar-refractivity contribution in [3.8, 4) is 0 Å². The number of aromatic nitrogens is 3. The number of hydrogen-bond acceptors (Lipinski definition) is 4. The molecule has 1 saturated heterocycles. The van der Waals surface area contributed by atoms with Crippen molar-refractivity contribution in [2.45, 2.75) is 32.7 Å². The van der Waals surface area contributed by atoms with E-state index in [1.807, 2.05) is 23.8 Å². The third kappa shape index (κ3) is 2.42. The molecule has 2 aromatic rings. The zero-order valence-electron chi connectivity index (χ0n) is 11.5. The number of pyridine rings is 1. The minimum Gasteiger partial charge on any atom is -0.369 e. The van der Waals surface area contributed by atoms with Crippen molar-refractivity contribution >= 4 is 17.1 Å². The SMILES string of the molecule is Cc1ccnc2c1nc(N)n2CCCN1CCCC1. The second-order valence-corrected chi connectivity index (χ2v) is 5.32. The molecule has 1 aliphatic heterocycles. The first-order valence-electron chi connectivity index (χ1n) is 7.05. The van der Waals surface area contributed by atoms with Crippen LogP contribution in [0.2, 0.25) is 0 Å². The minimum absolute atomic E-state index is 0.582. The van der Waals surface area contributed by atoms with Crippen LogP contribution in [0, 0.1) is 6.92 Å². The molecular formula is C14H21N5. The Labute approximate surface area is 113 Å². The second kappa shape index (κ2) is 5.17. The molecule has 0 bridgehead atoms. The van der Waals surface area contributed by atoms with Crippen molar-refractivity contribution < 1.29 is 0 Å². The van der Waals surface area contributed by atoms with Crippen LogP contribution in [0.25, 0.3) is 11.2 Å². The fourth-order valence-corrected chi connectivity index (χ4v) is 2.83. The van der Waals surface area contributed by atoms with Crippen LogP contribution in [0.3, 0.4) is 0 Å². The van der Waals surface area contributed by atoms with Gasteiger partial charge < -0.3 is 10.6 Å². The Morgan fingerprint density at radius 3 is 2.84 bits per heavy atom. The third-order valence-electron chi connectivity index (χ3n) is 3.92. The Bertz CT molecular complexity index is 568. The third-order valence-corrected chi connectivity index (χ3v) is 3.92. The average Bonchev–Trinajstić information content (AvgIpc) is 3.00. The summed E-state index contributed by atoms with van der Waals surface area (Å²) >= 11 is 0. The van der Waals surface area contributed by atoms with Gasteiger partial charge in [0.2, 0.25) is 5.95 Å². The lowest BCUT2D eigenvalue weighted by molar-refractivity contribution is 0.326. The van der Waals surface area contributed by atoms with Crippen molar-refractivity contribution in [3.05, 3.63) is 17.8 Å². The number of likely N-dealkylation sites (tertiary alicyclic amines) is 1. The molecule has 0 atom stereocenters. The van der Waals surface area contributed by atoms with E-state index in [-0.39, 0.29) is 0 Å². The van der Waals surface area contributed by atoms with Gasteiger partial charge in [0.05, 0.1) is 0 Å². The van der Waals surface area contributed by atoms with E-state index in [1.54, 1.807) is 0 Å². The first kappa shape index (κ1) is 12.4. The molecule has 0 aromatic carbocycles. The van der Waals surface area contributed by atoms with Crippen LogP contribution in [0.15, 0.2) is 12.3 Å². The van der Waals surface area contributed by atoms with Crippen LogP contribution in [0.4, 0.5) is 5.95 Å². The van der Waals surface area contributed by atoms with Crippen LogP contribution in [0.1, 0.15) is 24.8 Å². The van der Waals surface area contributed by atoms with Crippen LogP contribution < -0.4 is 5.73 Å². The Balaban J connectivity index is 1.73. The molecule has 3 rings (SSSR count). The summed E-state index contributed by atoms with van der Waals surface area (Å²) in [5.41, 5.74) is 9.00. The van der Waals surface area contributed by atoms with Crippen LogP contribution in [0.5, 0.6) is 0 Å². The van der Waals surface area contributed by atoms with Gasteiger partial charge in [0.25, 0.3) is 0 Å². The van der Waals surface area contributed by atoms with Crippen molar-refractivity contribution in [3.63, 3.8) is 0 Å². The van der Waals surface area contributed by atoms with Crippen molar-refractivity contribution in [1.29, 1.82) is 0 Å². The van der Waals surface area contributed by atoms with E-state index < -0.39 is 0 Å². The molecule has 0 saturated carbocycles. The van der Waals surface area contributed by atoms with E-state index in [0.29, 0.717) is 5.95 Å². The second-order valence-electron chi connectivity index (χ2n) is 5.32. The van der Waals surface area contributed by atoms with Crippen molar-refractivity contribution in [1.82, 2.24) is 19.4 Å². The van der Waals surface area contributed by atoms with Gasteiger partial charge in [-0.15, -0.1) is 0 Å². The summed E-state index contributed by atoms with van der Waals surface area (Å²) in [5, 5.41) is 0. The minimum atomic E-state index is 0.582. The summed E-state index contributed by atoms with van der Waals surface area (Å²) in [6.07, 6.45) is 5.62. The Morgan fingerprint density at radius 1 is 1.26 bits per heavy atom. The van der Waals surface area contributed by atoms with Crippen LogP contribution in [-0.4, -0.2) is 39.1 Å². The highest BCUT2D eigenvalue weighted by Gasteiger charge is 2.13. The molecular weight excluding hydrogens is 238 g/mol. The van der Waals surface area contributed by atoms with Gasteiger partial charge in [-0.3, -0.25) is 4.57 Å². The summed E-state index contributed by atoms with van der Waals surface area (Å²) in [6.45, 7) is 6.58. The van der Waals surface area contributed by atoms with Gasteiger partial charge in [-0.1, -0.05) is 0 Å². The Hall–Kier alpha value is -1.62. The molecule has 102 valence electrons. The Morgan fingerprint density at radius 2 is 2.05 bits per heavy atom. The molecule has 2 N–H and O–H groups in total. The number of anilines is 1. The maximum Gasteiger partial charge on any atom is 0.202 e. The Kier molecular flexibility index (Phi) is 3.38. The molecule has 0 spiro atoms. The van der Waals surface area contributed by atoms with Gasteiger partial charge in [-0.25, -0.2) is 9.97 Å². The molecule has 1 aliphatic rings. The lowest BCUT2D eigenvalue weighted by Gasteiger charge is -2.14. The van der Waals surface area contributed by atoms with Crippen molar-refractivity contribution in [2.24, 2.45) is 0 Å². The number of nitrogens with zero attached hydrogens (tertiary/aromatic N) is 4. The van der Waals surface area contributed by atoms with E-state index in [1.165, 1.54) is 25.9 Å². The lowest BCUT2D eigenvalue weighted by atomic mass is 10.3. The monoisotopic (exact) mass is 259 g/mol. The van der Waals surface area contributed by atoms with E-state index in [2.05, 4.69) is 14.9 Å². The number of hydrogen-bond donors (Lipinski definition) is 1. The molecule has 3 heterocycles. The van der Waals surface area contributed by atoms with Gasteiger partial charge in [0.15, 0.2) is 5.65 Å². The fraction of sp³-hybridized carbons (Fsp3) is 0.571. The maximum atomic E-state index is 6.01. The number of imidazole rings is 1.